The van der Waals surface area contributed by atoms with Gasteiger partial charge in [0, 0.05) is 22.2 Å². The summed E-state index contributed by atoms with van der Waals surface area (Å²) in [6, 6.07) is 13.8. The Balaban J connectivity index is 1.55. The van der Waals surface area contributed by atoms with Gasteiger partial charge in [-0.3, -0.25) is 19.3 Å². The highest BCUT2D eigenvalue weighted by Crippen LogP contribution is 2.36. The predicted molar refractivity (Wildman–Crippen MR) is 141 cm³/mol. The third-order valence-corrected chi connectivity index (χ3v) is 7.51. The summed E-state index contributed by atoms with van der Waals surface area (Å²) in [6.07, 6.45) is 3.62. The number of benzene rings is 2. The van der Waals surface area contributed by atoms with E-state index in [2.05, 4.69) is 45.2 Å². The number of imide groups is 1. The Kier molecular flexibility index (Phi) is 7.77. The fourth-order valence-corrected chi connectivity index (χ4v) is 6.42. The first kappa shape index (κ1) is 23.6. The number of thioether (sulfide) groups is 1. The van der Waals surface area contributed by atoms with E-state index in [0.717, 1.165) is 47.8 Å². The van der Waals surface area contributed by atoms with Crippen LogP contribution in [0.1, 0.15) is 24.0 Å². The van der Waals surface area contributed by atoms with Crippen LogP contribution >= 0.6 is 56.9 Å². The molecule has 0 unspecified atom stereocenters. The SMILES string of the molecule is O=C(CN1C(=O)S/C(=C/c2cc(I)cc(I)c2OCc2ccccc2)C1=O)N1CCCC1. The fraction of sp³-hybridized carbons (Fsp3) is 0.261. The summed E-state index contributed by atoms with van der Waals surface area (Å²) < 4.78 is 8.02. The zero-order valence-electron chi connectivity index (χ0n) is 17.1. The monoisotopic (exact) mass is 674 g/mol. The minimum Gasteiger partial charge on any atom is -0.487 e. The van der Waals surface area contributed by atoms with E-state index in [0.29, 0.717) is 30.4 Å². The Hall–Kier alpha value is -1.60. The van der Waals surface area contributed by atoms with Crippen LogP contribution in [0.5, 0.6) is 5.75 Å². The lowest BCUT2D eigenvalue weighted by Crippen LogP contribution is -2.40. The smallest absolute Gasteiger partial charge is 0.294 e. The van der Waals surface area contributed by atoms with Gasteiger partial charge in [-0.05, 0) is 93.6 Å². The van der Waals surface area contributed by atoms with Crippen LogP contribution in [0.2, 0.25) is 0 Å². The van der Waals surface area contributed by atoms with Crippen LogP contribution in [0.15, 0.2) is 47.4 Å². The molecule has 2 aliphatic heterocycles. The summed E-state index contributed by atoms with van der Waals surface area (Å²) in [6.45, 7) is 1.56. The van der Waals surface area contributed by atoms with Gasteiger partial charge in [0.15, 0.2) is 0 Å². The molecule has 0 saturated carbocycles. The number of nitrogens with zero attached hydrogens (tertiary/aromatic N) is 2. The highest BCUT2D eigenvalue weighted by Gasteiger charge is 2.37. The highest BCUT2D eigenvalue weighted by atomic mass is 127. The van der Waals surface area contributed by atoms with Gasteiger partial charge in [-0.15, -0.1) is 0 Å². The molecule has 2 saturated heterocycles. The van der Waals surface area contributed by atoms with Crippen LogP contribution in [-0.2, 0) is 16.2 Å². The molecule has 2 aromatic rings. The molecule has 0 aliphatic carbocycles. The average Bonchev–Trinajstić information content (AvgIpc) is 3.39. The quantitative estimate of drug-likeness (QED) is 0.314. The van der Waals surface area contributed by atoms with Gasteiger partial charge >= 0.3 is 0 Å². The number of ether oxygens (including phenoxy) is 1. The summed E-state index contributed by atoms with van der Waals surface area (Å²) in [7, 11) is 0. The second-order valence-electron chi connectivity index (χ2n) is 7.44. The second kappa shape index (κ2) is 10.6. The molecule has 0 N–H and O–H groups in total. The van der Waals surface area contributed by atoms with Crippen LogP contribution in [0.4, 0.5) is 4.79 Å². The number of hydrogen-bond donors (Lipinski definition) is 0. The first-order valence-electron chi connectivity index (χ1n) is 10.1. The van der Waals surface area contributed by atoms with Gasteiger partial charge in [0.1, 0.15) is 18.9 Å². The molecular formula is C23H20I2N2O4S. The van der Waals surface area contributed by atoms with E-state index in [9.17, 15) is 14.4 Å². The van der Waals surface area contributed by atoms with Crippen molar-refractivity contribution in [2.75, 3.05) is 19.6 Å². The number of carbonyl (C=O) groups is 3. The van der Waals surface area contributed by atoms with Crippen molar-refractivity contribution in [3.63, 3.8) is 0 Å². The maximum absolute atomic E-state index is 12.9. The molecule has 166 valence electrons. The maximum atomic E-state index is 12.9. The molecule has 0 radical (unpaired) electrons. The van der Waals surface area contributed by atoms with Gasteiger partial charge in [0.05, 0.1) is 8.48 Å². The molecule has 3 amide bonds. The van der Waals surface area contributed by atoms with Crippen LogP contribution in [0, 0.1) is 7.14 Å². The number of hydrogen-bond acceptors (Lipinski definition) is 5. The fourth-order valence-electron chi connectivity index (χ4n) is 3.55. The van der Waals surface area contributed by atoms with Crippen molar-refractivity contribution in [2.24, 2.45) is 0 Å². The summed E-state index contributed by atoms with van der Waals surface area (Å²) in [5.74, 6) is 0.0481. The summed E-state index contributed by atoms with van der Waals surface area (Å²) in [4.78, 5) is 40.9. The predicted octanol–water partition coefficient (Wildman–Crippen LogP) is 5.13. The third kappa shape index (κ3) is 5.48. The molecule has 6 nitrogen and oxygen atoms in total. The van der Waals surface area contributed by atoms with E-state index < -0.39 is 11.1 Å². The lowest BCUT2D eigenvalue weighted by atomic mass is 10.1. The number of amides is 3. The third-order valence-electron chi connectivity index (χ3n) is 5.18. The first-order valence-corrected chi connectivity index (χ1v) is 13.1. The topological polar surface area (TPSA) is 66.9 Å². The van der Waals surface area contributed by atoms with Crippen LogP contribution in [0.3, 0.4) is 0 Å². The molecular weight excluding hydrogens is 654 g/mol. The molecule has 0 atom stereocenters. The lowest BCUT2D eigenvalue weighted by Gasteiger charge is -2.18. The van der Waals surface area contributed by atoms with Crippen molar-refractivity contribution in [2.45, 2.75) is 19.4 Å². The normalized spacial score (nSPS) is 17.5. The van der Waals surface area contributed by atoms with Crippen molar-refractivity contribution in [1.82, 2.24) is 9.80 Å². The molecule has 0 spiro atoms. The van der Waals surface area contributed by atoms with Gasteiger partial charge in [-0.1, -0.05) is 30.3 Å². The van der Waals surface area contributed by atoms with E-state index in [-0.39, 0.29) is 12.5 Å². The van der Waals surface area contributed by atoms with Crippen LogP contribution < -0.4 is 4.74 Å². The zero-order valence-corrected chi connectivity index (χ0v) is 22.2. The van der Waals surface area contributed by atoms with Gasteiger partial charge in [0.2, 0.25) is 5.91 Å². The number of halogens is 2. The average molecular weight is 674 g/mol. The highest BCUT2D eigenvalue weighted by molar-refractivity contribution is 14.1. The molecule has 2 heterocycles. The Bertz CT molecular complexity index is 1080. The van der Waals surface area contributed by atoms with E-state index in [1.54, 1.807) is 11.0 Å². The number of carbonyl (C=O) groups excluding carboxylic acids is 3. The van der Waals surface area contributed by atoms with Crippen LogP contribution in [0.25, 0.3) is 6.08 Å². The molecule has 2 fully saturated rings. The summed E-state index contributed by atoms with van der Waals surface area (Å²) in [5.41, 5.74) is 1.77. The number of rotatable bonds is 6. The van der Waals surface area contributed by atoms with Crippen molar-refractivity contribution in [3.05, 3.63) is 65.6 Å². The van der Waals surface area contributed by atoms with Crippen molar-refractivity contribution in [3.8, 4) is 5.75 Å². The Morgan fingerprint density at radius 1 is 1.09 bits per heavy atom. The Morgan fingerprint density at radius 2 is 1.81 bits per heavy atom. The maximum Gasteiger partial charge on any atom is 0.294 e. The van der Waals surface area contributed by atoms with E-state index >= 15 is 0 Å². The molecule has 2 aliphatic rings. The van der Waals surface area contributed by atoms with E-state index in [4.69, 9.17) is 4.74 Å². The summed E-state index contributed by atoms with van der Waals surface area (Å²) in [5, 5.41) is -0.416. The molecule has 0 aromatic heterocycles. The minimum atomic E-state index is -0.435. The van der Waals surface area contributed by atoms with Gasteiger partial charge in [-0.25, -0.2) is 0 Å². The van der Waals surface area contributed by atoms with Gasteiger partial charge in [0.25, 0.3) is 11.1 Å². The van der Waals surface area contributed by atoms with Gasteiger partial charge < -0.3 is 9.64 Å². The van der Waals surface area contributed by atoms with E-state index in [1.807, 2.05) is 42.5 Å². The molecule has 4 rings (SSSR count). The van der Waals surface area contributed by atoms with Crippen molar-refractivity contribution in [1.29, 1.82) is 0 Å². The van der Waals surface area contributed by atoms with Gasteiger partial charge in [-0.2, -0.15) is 0 Å². The Morgan fingerprint density at radius 3 is 2.53 bits per heavy atom. The van der Waals surface area contributed by atoms with Crippen molar-refractivity contribution >= 4 is 80.1 Å². The molecule has 9 heteroatoms. The van der Waals surface area contributed by atoms with Crippen molar-refractivity contribution < 1.29 is 19.1 Å². The van der Waals surface area contributed by atoms with E-state index in [1.165, 1.54) is 0 Å². The minimum absolute atomic E-state index is 0.179. The zero-order chi connectivity index (χ0) is 22.7. The largest absolute Gasteiger partial charge is 0.487 e. The summed E-state index contributed by atoms with van der Waals surface area (Å²) >= 11 is 5.29. The standard InChI is InChI=1S/C23H20I2N2O4S/c24-17-10-16(21(18(25)12-17)31-14-15-6-2-1-3-7-15)11-19-22(29)27(23(30)32-19)13-20(28)26-8-4-5-9-26/h1-3,6-7,10-12H,4-5,8-9,13-14H2/b19-11+. The first-order chi connectivity index (χ1) is 15.4. The second-order valence-corrected chi connectivity index (χ2v) is 10.8. The van der Waals surface area contributed by atoms with Crippen LogP contribution in [-0.4, -0.2) is 46.5 Å². The number of likely N-dealkylation sites (tertiary alicyclic amines) is 1. The molecule has 2 aromatic carbocycles. The Labute approximate surface area is 218 Å². The molecule has 0 bridgehead atoms. The lowest BCUT2D eigenvalue weighted by molar-refractivity contribution is -0.135. The molecule has 32 heavy (non-hydrogen) atoms.